The molecule has 4 rings (SSSR count). The Balaban J connectivity index is 1.75. The van der Waals surface area contributed by atoms with Crippen LogP contribution in [-0.4, -0.2) is 22.8 Å². The van der Waals surface area contributed by atoms with Gasteiger partial charge in [-0.1, -0.05) is 48.5 Å². The minimum atomic E-state index is 0.147. The fourth-order valence-electron chi connectivity index (χ4n) is 3.34. The quantitative estimate of drug-likeness (QED) is 0.387. The van der Waals surface area contributed by atoms with E-state index in [0.29, 0.717) is 33.9 Å². The van der Waals surface area contributed by atoms with Crippen LogP contribution in [0.15, 0.2) is 79.1 Å². The van der Waals surface area contributed by atoms with Gasteiger partial charge in [0.05, 0.1) is 35.7 Å². The Kier molecular flexibility index (Phi) is 5.77. The van der Waals surface area contributed by atoms with Crippen LogP contribution in [0.3, 0.4) is 0 Å². The molecule has 0 unspecified atom stereocenters. The van der Waals surface area contributed by atoms with E-state index in [4.69, 9.17) is 21.1 Å². The van der Waals surface area contributed by atoms with Gasteiger partial charge in [-0.25, -0.2) is 9.97 Å². The van der Waals surface area contributed by atoms with Gasteiger partial charge < -0.3 is 15.8 Å². The lowest BCUT2D eigenvalue weighted by Gasteiger charge is -2.16. The van der Waals surface area contributed by atoms with Crippen molar-refractivity contribution in [1.82, 2.24) is 9.97 Å². The number of methoxy groups -OCH3 is 1. The van der Waals surface area contributed by atoms with Gasteiger partial charge in [-0.3, -0.25) is 5.41 Å². The lowest BCUT2D eigenvalue weighted by molar-refractivity contribution is 0.417. The third-order valence-corrected chi connectivity index (χ3v) is 4.99. The molecule has 0 saturated heterocycles. The van der Waals surface area contributed by atoms with Crippen molar-refractivity contribution in [3.8, 4) is 22.9 Å². The highest BCUT2D eigenvalue weighted by Gasteiger charge is 2.18. The first kappa shape index (κ1) is 20.6. The van der Waals surface area contributed by atoms with E-state index in [-0.39, 0.29) is 11.5 Å². The summed E-state index contributed by atoms with van der Waals surface area (Å²) in [6, 6.07) is 24.6. The zero-order valence-corrected chi connectivity index (χ0v) is 17.3. The zero-order valence-electron chi connectivity index (χ0n) is 17.3. The Labute approximate surface area is 185 Å². The summed E-state index contributed by atoms with van der Waals surface area (Å²) < 4.78 is 5.53. The average molecular weight is 420 g/mol. The summed E-state index contributed by atoms with van der Waals surface area (Å²) in [5.41, 5.74) is 10.5. The Morgan fingerprint density at radius 2 is 1.75 bits per heavy atom. The molecule has 156 valence electrons. The molecule has 0 saturated carbocycles. The van der Waals surface area contributed by atoms with Gasteiger partial charge in [-0.05, 0) is 35.4 Å². The minimum Gasteiger partial charge on any atom is -0.495 e. The predicted molar refractivity (Wildman–Crippen MR) is 125 cm³/mol. The third-order valence-electron chi connectivity index (χ3n) is 4.99. The molecule has 4 aromatic rings. The maximum Gasteiger partial charge on any atom is 0.145 e. The second-order valence-electron chi connectivity index (χ2n) is 6.95. The van der Waals surface area contributed by atoms with Crippen LogP contribution >= 0.6 is 0 Å². The van der Waals surface area contributed by atoms with Gasteiger partial charge >= 0.3 is 0 Å². The number of nitrogen functional groups attached to an aromatic ring is 1. The van der Waals surface area contributed by atoms with Gasteiger partial charge in [0.1, 0.15) is 23.7 Å². The minimum absolute atomic E-state index is 0.147. The van der Waals surface area contributed by atoms with E-state index in [1.807, 2.05) is 48.5 Å². The monoisotopic (exact) mass is 420 g/mol. The molecule has 0 aliphatic heterocycles. The van der Waals surface area contributed by atoms with E-state index < -0.39 is 0 Å². The molecule has 0 bridgehead atoms. The summed E-state index contributed by atoms with van der Waals surface area (Å²) in [5.74, 6) is 1.18. The number of rotatable bonds is 6. The first-order valence-electron chi connectivity index (χ1n) is 9.81. The van der Waals surface area contributed by atoms with Gasteiger partial charge in [0.25, 0.3) is 0 Å². The number of hydrogen-bond donors (Lipinski definition) is 3. The molecule has 1 aromatic heterocycles. The number of benzene rings is 3. The van der Waals surface area contributed by atoms with Crippen LogP contribution in [0.5, 0.6) is 5.75 Å². The van der Waals surface area contributed by atoms with Crippen molar-refractivity contribution >= 4 is 23.0 Å². The van der Waals surface area contributed by atoms with Crippen LogP contribution in [0.1, 0.15) is 16.7 Å². The smallest absolute Gasteiger partial charge is 0.145 e. The molecule has 0 radical (unpaired) electrons. The number of nitrogens with two attached hydrogens (primary N) is 1. The van der Waals surface area contributed by atoms with Gasteiger partial charge in [-0.2, -0.15) is 5.26 Å². The summed E-state index contributed by atoms with van der Waals surface area (Å²) in [5, 5.41) is 21.0. The van der Waals surface area contributed by atoms with Crippen molar-refractivity contribution in [1.29, 1.82) is 10.7 Å². The summed E-state index contributed by atoms with van der Waals surface area (Å²) in [4.78, 5) is 8.41. The molecule has 7 nitrogen and oxygen atoms in total. The molecule has 0 amide bonds. The summed E-state index contributed by atoms with van der Waals surface area (Å²) in [6.45, 7) is 0. The van der Waals surface area contributed by atoms with Crippen molar-refractivity contribution in [3.63, 3.8) is 0 Å². The van der Waals surface area contributed by atoms with Crippen molar-refractivity contribution in [3.05, 3.63) is 95.8 Å². The van der Waals surface area contributed by atoms with Crippen LogP contribution in [0.25, 0.3) is 11.1 Å². The zero-order chi connectivity index (χ0) is 22.5. The Hall–Kier alpha value is -4.70. The molecule has 0 aliphatic rings. The van der Waals surface area contributed by atoms with E-state index in [9.17, 15) is 0 Å². The Morgan fingerprint density at radius 1 is 1.00 bits per heavy atom. The van der Waals surface area contributed by atoms with Gasteiger partial charge in [0.15, 0.2) is 0 Å². The fourth-order valence-corrected chi connectivity index (χ4v) is 3.34. The Bertz CT molecular complexity index is 1310. The van der Waals surface area contributed by atoms with Crippen molar-refractivity contribution in [2.24, 2.45) is 0 Å². The van der Waals surface area contributed by atoms with Crippen molar-refractivity contribution in [2.45, 2.75) is 0 Å². The highest BCUT2D eigenvalue weighted by molar-refractivity contribution is 6.16. The highest BCUT2D eigenvalue weighted by Crippen LogP contribution is 2.34. The van der Waals surface area contributed by atoms with Crippen molar-refractivity contribution in [2.75, 3.05) is 18.2 Å². The number of ether oxygens (including phenoxy) is 1. The van der Waals surface area contributed by atoms with Crippen LogP contribution in [0.4, 0.5) is 17.3 Å². The highest BCUT2D eigenvalue weighted by atomic mass is 16.5. The first-order chi connectivity index (χ1) is 15.6. The fraction of sp³-hybridized carbons (Fsp3) is 0.0400. The molecular weight excluding hydrogens is 400 g/mol. The third kappa shape index (κ3) is 4.11. The first-order valence-corrected chi connectivity index (χ1v) is 9.81. The standard InChI is InChI=1S/C25H20N6O/c1-32-21-12-11-19(17-5-3-2-4-6-17)13-20(21)31-25-22(24(28)29-15-30-25)23(27)18-9-7-16(14-26)8-10-18/h2-13,15,27H,1H3,(H3,28,29,30,31). The lowest BCUT2D eigenvalue weighted by Crippen LogP contribution is -2.12. The maximum absolute atomic E-state index is 9.03. The van der Waals surface area contributed by atoms with E-state index >= 15 is 0 Å². The van der Waals surface area contributed by atoms with E-state index in [2.05, 4.69) is 21.4 Å². The molecular formula is C25H20N6O. The second-order valence-corrected chi connectivity index (χ2v) is 6.95. The number of nitriles is 1. The van der Waals surface area contributed by atoms with Crippen LogP contribution in [-0.2, 0) is 0 Å². The number of nitrogens with one attached hydrogen (secondary N) is 2. The normalized spacial score (nSPS) is 10.2. The molecule has 0 aliphatic carbocycles. The predicted octanol–water partition coefficient (Wildman–Crippen LogP) is 4.77. The van der Waals surface area contributed by atoms with E-state index in [0.717, 1.165) is 11.1 Å². The van der Waals surface area contributed by atoms with Crippen LogP contribution in [0.2, 0.25) is 0 Å². The molecule has 1 heterocycles. The summed E-state index contributed by atoms with van der Waals surface area (Å²) >= 11 is 0. The topological polar surface area (TPSA) is 121 Å². The molecule has 0 fully saturated rings. The summed E-state index contributed by atoms with van der Waals surface area (Å²) in [6.07, 6.45) is 1.35. The Morgan fingerprint density at radius 3 is 2.44 bits per heavy atom. The summed E-state index contributed by atoms with van der Waals surface area (Å²) in [7, 11) is 1.59. The van der Waals surface area contributed by atoms with Crippen LogP contribution in [0, 0.1) is 16.7 Å². The van der Waals surface area contributed by atoms with Crippen LogP contribution < -0.4 is 15.8 Å². The molecule has 7 heteroatoms. The number of nitrogens with zero attached hydrogens (tertiary/aromatic N) is 3. The molecule has 4 N–H and O–H groups in total. The number of aromatic nitrogens is 2. The molecule has 0 atom stereocenters. The average Bonchev–Trinajstić information content (AvgIpc) is 2.84. The number of hydrogen-bond acceptors (Lipinski definition) is 7. The lowest BCUT2D eigenvalue weighted by atomic mass is 10.0. The second kappa shape index (κ2) is 8.98. The van der Waals surface area contributed by atoms with Gasteiger partial charge in [0, 0.05) is 5.56 Å². The molecule has 32 heavy (non-hydrogen) atoms. The maximum atomic E-state index is 9.03. The van der Waals surface area contributed by atoms with Crippen molar-refractivity contribution < 1.29 is 4.74 Å². The van der Waals surface area contributed by atoms with E-state index in [1.54, 1.807) is 31.4 Å². The molecule has 0 spiro atoms. The van der Waals surface area contributed by atoms with Gasteiger partial charge in [-0.15, -0.1) is 0 Å². The van der Waals surface area contributed by atoms with Gasteiger partial charge in [0.2, 0.25) is 0 Å². The number of anilines is 3. The SMILES string of the molecule is COc1ccc(-c2ccccc2)cc1Nc1ncnc(N)c1C(=N)c1ccc(C#N)cc1. The largest absolute Gasteiger partial charge is 0.495 e. The van der Waals surface area contributed by atoms with E-state index in [1.165, 1.54) is 6.33 Å². The molecule has 3 aromatic carbocycles.